The Bertz CT molecular complexity index is 509. The van der Waals surface area contributed by atoms with Gasteiger partial charge in [0.15, 0.2) is 6.29 Å². The van der Waals surface area contributed by atoms with Gasteiger partial charge in [-0.15, -0.1) is 11.3 Å². The van der Waals surface area contributed by atoms with E-state index in [1.54, 1.807) is 11.3 Å². The lowest BCUT2D eigenvalue weighted by molar-refractivity contribution is 0.112. The normalized spacial score (nSPS) is 10.8. The fourth-order valence-corrected chi connectivity index (χ4v) is 2.75. The van der Waals surface area contributed by atoms with Crippen molar-refractivity contribution in [3.05, 3.63) is 33.7 Å². The zero-order chi connectivity index (χ0) is 10.3. The molecule has 0 saturated carbocycles. The fourth-order valence-electron chi connectivity index (χ4n) is 1.64. The number of hydrogen-bond acceptors (Lipinski definition) is 2. The number of thiophene rings is 1. The number of benzene rings is 1. The van der Waals surface area contributed by atoms with Crippen molar-refractivity contribution < 1.29 is 4.79 Å². The number of aldehydes is 1. The monoisotopic (exact) mass is 204 g/mol. The van der Waals surface area contributed by atoms with Gasteiger partial charge in [-0.25, -0.2) is 0 Å². The van der Waals surface area contributed by atoms with Crippen LogP contribution < -0.4 is 0 Å². The summed E-state index contributed by atoms with van der Waals surface area (Å²) in [6, 6.07) is 4.27. The molecular formula is C12H12OS. The van der Waals surface area contributed by atoms with Crippen LogP contribution in [0.15, 0.2) is 12.1 Å². The van der Waals surface area contributed by atoms with E-state index in [4.69, 9.17) is 0 Å². The molecule has 1 heterocycles. The maximum Gasteiger partial charge on any atom is 0.151 e. The molecule has 1 aromatic carbocycles. The molecule has 2 aromatic rings. The minimum absolute atomic E-state index is 0.855. The lowest BCUT2D eigenvalue weighted by Gasteiger charge is -1.99. The van der Waals surface area contributed by atoms with Crippen LogP contribution in [0.4, 0.5) is 0 Å². The molecule has 1 aromatic heterocycles. The van der Waals surface area contributed by atoms with E-state index in [2.05, 4.69) is 26.0 Å². The highest BCUT2D eigenvalue weighted by Crippen LogP contribution is 2.31. The third-order valence-electron chi connectivity index (χ3n) is 2.65. The standard InChI is InChI=1S/C12H12OS/c1-7-4-10-11(6-13)9(3)14-12(10)5-8(7)2/h4-6H,1-3H3. The number of hydrogen-bond donors (Lipinski definition) is 0. The average molecular weight is 204 g/mol. The van der Waals surface area contributed by atoms with Gasteiger partial charge in [0, 0.05) is 20.5 Å². The van der Waals surface area contributed by atoms with Crippen molar-refractivity contribution in [1.82, 2.24) is 0 Å². The van der Waals surface area contributed by atoms with Crippen molar-refractivity contribution in [3.8, 4) is 0 Å². The number of rotatable bonds is 1. The van der Waals surface area contributed by atoms with Crippen molar-refractivity contribution in [1.29, 1.82) is 0 Å². The van der Waals surface area contributed by atoms with E-state index in [9.17, 15) is 4.79 Å². The maximum atomic E-state index is 10.9. The molecule has 0 N–H and O–H groups in total. The van der Waals surface area contributed by atoms with Crippen molar-refractivity contribution in [2.75, 3.05) is 0 Å². The van der Waals surface area contributed by atoms with E-state index in [0.29, 0.717) is 0 Å². The molecule has 0 aliphatic heterocycles. The van der Waals surface area contributed by atoms with Gasteiger partial charge in [0.2, 0.25) is 0 Å². The molecule has 14 heavy (non-hydrogen) atoms. The van der Waals surface area contributed by atoms with E-state index < -0.39 is 0 Å². The summed E-state index contributed by atoms with van der Waals surface area (Å²) >= 11 is 1.69. The van der Waals surface area contributed by atoms with E-state index in [0.717, 1.165) is 22.1 Å². The quantitative estimate of drug-likeness (QED) is 0.648. The molecule has 0 radical (unpaired) electrons. The summed E-state index contributed by atoms with van der Waals surface area (Å²) in [6.07, 6.45) is 0.961. The van der Waals surface area contributed by atoms with E-state index in [1.165, 1.54) is 15.8 Å². The summed E-state index contributed by atoms with van der Waals surface area (Å²) < 4.78 is 1.22. The van der Waals surface area contributed by atoms with Crippen molar-refractivity contribution in [2.24, 2.45) is 0 Å². The van der Waals surface area contributed by atoms with E-state index in [1.807, 2.05) is 6.92 Å². The Kier molecular flexibility index (Phi) is 2.16. The van der Waals surface area contributed by atoms with Crippen LogP contribution in [0.2, 0.25) is 0 Å². The molecule has 0 aliphatic rings. The molecule has 72 valence electrons. The van der Waals surface area contributed by atoms with Crippen LogP contribution in [0.5, 0.6) is 0 Å². The molecule has 0 fully saturated rings. The van der Waals surface area contributed by atoms with Crippen molar-refractivity contribution in [3.63, 3.8) is 0 Å². The zero-order valence-electron chi connectivity index (χ0n) is 8.55. The van der Waals surface area contributed by atoms with Gasteiger partial charge in [-0.05, 0) is 44.0 Å². The summed E-state index contributed by atoms with van der Waals surface area (Å²) in [7, 11) is 0. The Labute approximate surface area is 87.4 Å². The Morgan fingerprint density at radius 3 is 2.43 bits per heavy atom. The van der Waals surface area contributed by atoms with Crippen molar-refractivity contribution >= 4 is 27.7 Å². The Balaban J connectivity index is 2.89. The first-order valence-electron chi connectivity index (χ1n) is 4.59. The molecule has 0 saturated heterocycles. The zero-order valence-corrected chi connectivity index (χ0v) is 9.37. The molecule has 1 nitrogen and oxygen atoms in total. The molecule has 0 unspecified atom stereocenters. The molecule has 0 aliphatic carbocycles. The molecule has 2 rings (SSSR count). The lowest BCUT2D eigenvalue weighted by atomic mass is 10.1. The van der Waals surface area contributed by atoms with Crippen LogP contribution in [-0.4, -0.2) is 6.29 Å². The predicted octanol–water partition coefficient (Wildman–Crippen LogP) is 3.64. The van der Waals surface area contributed by atoms with E-state index >= 15 is 0 Å². The topological polar surface area (TPSA) is 17.1 Å². The summed E-state index contributed by atoms with van der Waals surface area (Å²) in [5, 5.41) is 1.10. The first-order valence-corrected chi connectivity index (χ1v) is 5.40. The third-order valence-corrected chi connectivity index (χ3v) is 3.73. The minimum atomic E-state index is 0.855. The van der Waals surface area contributed by atoms with Gasteiger partial charge in [-0.1, -0.05) is 0 Å². The molecule has 0 bridgehead atoms. The Hall–Kier alpha value is -1.15. The maximum absolute atomic E-state index is 10.9. The first-order chi connectivity index (χ1) is 6.63. The molecule has 0 amide bonds. The van der Waals surface area contributed by atoms with Crippen LogP contribution in [0.25, 0.3) is 10.1 Å². The molecule has 0 atom stereocenters. The van der Waals surface area contributed by atoms with Crippen LogP contribution >= 0.6 is 11.3 Å². The van der Waals surface area contributed by atoms with Gasteiger partial charge in [-0.3, -0.25) is 4.79 Å². The Morgan fingerprint density at radius 1 is 1.14 bits per heavy atom. The van der Waals surface area contributed by atoms with Gasteiger partial charge in [-0.2, -0.15) is 0 Å². The highest BCUT2D eigenvalue weighted by Gasteiger charge is 2.08. The predicted molar refractivity (Wildman–Crippen MR) is 61.4 cm³/mol. The fraction of sp³-hybridized carbons (Fsp3) is 0.250. The molecular weight excluding hydrogens is 192 g/mol. The first kappa shape index (κ1) is 9.41. The van der Waals surface area contributed by atoms with Gasteiger partial charge in [0.25, 0.3) is 0 Å². The third kappa shape index (κ3) is 1.26. The van der Waals surface area contributed by atoms with Crippen LogP contribution in [-0.2, 0) is 0 Å². The second kappa shape index (κ2) is 3.21. The second-order valence-corrected chi connectivity index (χ2v) is 4.88. The largest absolute Gasteiger partial charge is 0.298 e. The highest BCUT2D eigenvalue weighted by atomic mass is 32.1. The van der Waals surface area contributed by atoms with Gasteiger partial charge < -0.3 is 0 Å². The van der Waals surface area contributed by atoms with Crippen LogP contribution in [0, 0.1) is 20.8 Å². The SMILES string of the molecule is Cc1cc2sc(C)c(C=O)c2cc1C. The summed E-state index contributed by atoms with van der Waals surface area (Å²) in [5.74, 6) is 0. The lowest BCUT2D eigenvalue weighted by Crippen LogP contribution is -1.82. The smallest absolute Gasteiger partial charge is 0.151 e. The van der Waals surface area contributed by atoms with Crippen molar-refractivity contribution in [2.45, 2.75) is 20.8 Å². The average Bonchev–Trinajstić information content (AvgIpc) is 2.42. The highest BCUT2D eigenvalue weighted by molar-refractivity contribution is 7.19. The molecule has 0 spiro atoms. The summed E-state index contributed by atoms with van der Waals surface area (Å²) in [6.45, 7) is 6.18. The van der Waals surface area contributed by atoms with Gasteiger partial charge in [0.05, 0.1) is 0 Å². The van der Waals surface area contributed by atoms with Crippen LogP contribution in [0.1, 0.15) is 26.4 Å². The summed E-state index contributed by atoms with van der Waals surface area (Å²) in [5.41, 5.74) is 3.39. The number of carbonyl (C=O) groups is 1. The minimum Gasteiger partial charge on any atom is -0.298 e. The summed E-state index contributed by atoms with van der Waals surface area (Å²) in [4.78, 5) is 12.0. The van der Waals surface area contributed by atoms with E-state index in [-0.39, 0.29) is 0 Å². The number of carbonyl (C=O) groups excluding carboxylic acids is 1. The second-order valence-electron chi connectivity index (χ2n) is 3.62. The Morgan fingerprint density at radius 2 is 1.79 bits per heavy atom. The number of aryl methyl sites for hydroxylation is 3. The van der Waals surface area contributed by atoms with Gasteiger partial charge >= 0.3 is 0 Å². The molecule has 2 heteroatoms. The van der Waals surface area contributed by atoms with Gasteiger partial charge in [0.1, 0.15) is 0 Å². The van der Waals surface area contributed by atoms with Crippen LogP contribution in [0.3, 0.4) is 0 Å². The number of fused-ring (bicyclic) bond motifs is 1.